The van der Waals surface area contributed by atoms with Crippen molar-refractivity contribution < 1.29 is 17.7 Å². The molecule has 0 atom stereocenters. The van der Waals surface area contributed by atoms with Gasteiger partial charge < -0.3 is 9.84 Å². The Balaban J connectivity index is 1.84. The summed E-state index contributed by atoms with van der Waals surface area (Å²) < 4.78 is 33.6. The highest BCUT2D eigenvalue weighted by Gasteiger charge is 2.18. The lowest BCUT2D eigenvalue weighted by molar-refractivity contribution is -0.114. The van der Waals surface area contributed by atoms with Gasteiger partial charge in [-0.1, -0.05) is 53.2 Å². The molecule has 1 aromatic heterocycles. The second-order valence-corrected chi connectivity index (χ2v) is 9.11. The van der Waals surface area contributed by atoms with E-state index in [0.717, 1.165) is 0 Å². The summed E-state index contributed by atoms with van der Waals surface area (Å²) in [5.41, 5.74) is 2.97. The van der Waals surface area contributed by atoms with Gasteiger partial charge in [0.25, 0.3) is 0 Å². The smallest absolute Gasteiger partial charge is 0.241 e. The van der Waals surface area contributed by atoms with E-state index < -0.39 is 10.0 Å². The van der Waals surface area contributed by atoms with Crippen molar-refractivity contribution in [2.45, 2.75) is 32.2 Å². The maximum absolute atomic E-state index is 12.9. The maximum Gasteiger partial charge on any atom is 0.241 e. The average molecular weight is 460 g/mol. The molecule has 0 aliphatic heterocycles. The van der Waals surface area contributed by atoms with Gasteiger partial charge in [-0.05, 0) is 48.7 Å². The van der Waals surface area contributed by atoms with Gasteiger partial charge in [0.15, 0.2) is 5.76 Å². The van der Waals surface area contributed by atoms with E-state index in [-0.39, 0.29) is 17.3 Å². The fourth-order valence-electron chi connectivity index (χ4n) is 2.90. The predicted octanol–water partition coefficient (Wildman–Crippen LogP) is 4.55. The zero-order valence-corrected chi connectivity index (χ0v) is 18.8. The Labute approximate surface area is 186 Å². The molecule has 0 unspecified atom stereocenters. The number of aryl methyl sites for hydroxylation is 2. The molecule has 0 bridgehead atoms. The van der Waals surface area contributed by atoms with Crippen molar-refractivity contribution in [1.82, 2.24) is 9.88 Å². The van der Waals surface area contributed by atoms with Crippen molar-refractivity contribution >= 4 is 45.4 Å². The molecule has 1 amide bonds. The van der Waals surface area contributed by atoms with Crippen LogP contribution in [0.5, 0.6) is 0 Å². The van der Waals surface area contributed by atoms with Crippen molar-refractivity contribution in [2.75, 3.05) is 5.32 Å². The third kappa shape index (κ3) is 5.61. The van der Waals surface area contributed by atoms with Crippen LogP contribution >= 0.6 is 11.6 Å². The molecule has 0 spiro atoms. The van der Waals surface area contributed by atoms with Gasteiger partial charge in [-0.25, -0.2) is 13.1 Å². The number of halogens is 1. The van der Waals surface area contributed by atoms with Crippen LogP contribution in [0, 0.1) is 13.8 Å². The van der Waals surface area contributed by atoms with Crippen LogP contribution in [0.2, 0.25) is 5.02 Å². The zero-order chi connectivity index (χ0) is 22.6. The monoisotopic (exact) mass is 459 g/mol. The Morgan fingerprint density at radius 3 is 2.61 bits per heavy atom. The first-order valence-corrected chi connectivity index (χ1v) is 11.3. The van der Waals surface area contributed by atoms with Crippen LogP contribution in [-0.2, 0) is 21.4 Å². The second kappa shape index (κ2) is 9.47. The number of amides is 1. The van der Waals surface area contributed by atoms with E-state index >= 15 is 0 Å². The van der Waals surface area contributed by atoms with Crippen molar-refractivity contribution in [2.24, 2.45) is 0 Å². The number of anilines is 1. The first kappa shape index (κ1) is 22.7. The minimum Gasteiger partial charge on any atom is -0.354 e. The van der Waals surface area contributed by atoms with Gasteiger partial charge in [0.2, 0.25) is 15.9 Å². The van der Waals surface area contributed by atoms with Crippen LogP contribution < -0.4 is 10.0 Å². The summed E-state index contributed by atoms with van der Waals surface area (Å²) in [6.07, 6.45) is 3.32. The average Bonchev–Trinajstić information content (AvgIpc) is 3.05. The molecule has 3 aromatic rings. The van der Waals surface area contributed by atoms with E-state index in [1.54, 1.807) is 68.5 Å². The van der Waals surface area contributed by atoms with Crippen LogP contribution in [-0.4, -0.2) is 19.5 Å². The molecule has 0 aliphatic rings. The largest absolute Gasteiger partial charge is 0.354 e. The molecule has 0 fully saturated rings. The van der Waals surface area contributed by atoms with Crippen LogP contribution in [0.15, 0.2) is 51.9 Å². The molecule has 3 rings (SSSR count). The summed E-state index contributed by atoms with van der Waals surface area (Å²) in [5, 5.41) is 7.03. The highest BCUT2D eigenvalue weighted by molar-refractivity contribution is 7.89. The van der Waals surface area contributed by atoms with Crippen molar-refractivity contribution in [1.29, 1.82) is 0 Å². The molecule has 0 saturated heterocycles. The molecule has 0 radical (unpaired) electrons. The third-order valence-corrected chi connectivity index (χ3v) is 6.44. The van der Waals surface area contributed by atoms with Gasteiger partial charge in [-0.15, -0.1) is 0 Å². The lowest BCUT2D eigenvalue weighted by atomic mass is 10.1. The molecule has 1 heterocycles. The lowest BCUT2D eigenvalue weighted by Gasteiger charge is -2.11. The Bertz CT molecular complexity index is 1250. The van der Waals surface area contributed by atoms with Gasteiger partial charge in [0.1, 0.15) is 11.4 Å². The van der Waals surface area contributed by atoms with Gasteiger partial charge in [0, 0.05) is 18.5 Å². The first-order chi connectivity index (χ1) is 14.7. The highest BCUT2D eigenvalue weighted by atomic mass is 35.5. The number of benzene rings is 2. The van der Waals surface area contributed by atoms with Gasteiger partial charge in [-0.2, -0.15) is 0 Å². The second-order valence-electron chi connectivity index (χ2n) is 6.96. The fraction of sp³-hybridized carbons (Fsp3) is 0.182. The fourth-order valence-corrected chi connectivity index (χ4v) is 4.39. The number of sulfonamides is 1. The molecule has 9 heteroatoms. The normalized spacial score (nSPS) is 11.7. The molecular formula is C22H22ClN3O4S. The SMILES string of the molecule is CC(=O)Nc1c(C)noc1/C=C\c1ccc(C)c(S(=O)(=O)NCc2ccccc2Cl)c1. The van der Waals surface area contributed by atoms with E-state index in [2.05, 4.69) is 15.2 Å². The summed E-state index contributed by atoms with van der Waals surface area (Å²) in [4.78, 5) is 11.5. The minimum atomic E-state index is -3.77. The molecule has 31 heavy (non-hydrogen) atoms. The molecule has 0 aliphatic carbocycles. The minimum absolute atomic E-state index is 0.0823. The number of carbonyl (C=O) groups is 1. The van der Waals surface area contributed by atoms with Gasteiger partial charge >= 0.3 is 0 Å². The van der Waals surface area contributed by atoms with Crippen LogP contribution in [0.25, 0.3) is 12.2 Å². The Morgan fingerprint density at radius 2 is 1.90 bits per heavy atom. The van der Waals surface area contributed by atoms with Crippen molar-refractivity contribution in [3.63, 3.8) is 0 Å². The molecule has 162 valence electrons. The predicted molar refractivity (Wildman–Crippen MR) is 121 cm³/mol. The first-order valence-electron chi connectivity index (χ1n) is 9.43. The Kier molecular flexibility index (Phi) is 6.94. The zero-order valence-electron chi connectivity index (χ0n) is 17.3. The van der Waals surface area contributed by atoms with Crippen molar-refractivity contribution in [3.8, 4) is 0 Å². The number of hydrogen-bond donors (Lipinski definition) is 2. The van der Waals surface area contributed by atoms with Crippen molar-refractivity contribution in [3.05, 3.63) is 75.6 Å². The summed E-state index contributed by atoms with van der Waals surface area (Å²) in [7, 11) is -3.77. The molecular weight excluding hydrogens is 438 g/mol. The molecule has 2 N–H and O–H groups in total. The Hall–Kier alpha value is -2.94. The Morgan fingerprint density at radius 1 is 1.16 bits per heavy atom. The number of nitrogens with one attached hydrogen (secondary N) is 2. The summed E-state index contributed by atoms with van der Waals surface area (Å²) >= 11 is 6.12. The number of rotatable bonds is 7. The number of aromatic nitrogens is 1. The van der Waals surface area contributed by atoms with Gasteiger partial charge in [-0.3, -0.25) is 4.79 Å². The standard InChI is InChI=1S/C22H22ClN3O4S/c1-14-8-9-17(10-11-20-22(25-16(3)27)15(2)26-30-20)12-21(14)31(28,29)24-13-18-6-4-5-7-19(18)23/h4-12,24H,13H2,1-3H3,(H,25,27)/b11-10-. The van der Waals surface area contributed by atoms with E-state index in [0.29, 0.717) is 38.9 Å². The van der Waals surface area contributed by atoms with E-state index in [1.165, 1.54) is 6.92 Å². The number of hydrogen-bond acceptors (Lipinski definition) is 5. The molecule has 0 saturated carbocycles. The van der Waals surface area contributed by atoms with Crippen LogP contribution in [0.3, 0.4) is 0 Å². The third-order valence-electron chi connectivity index (χ3n) is 4.53. The maximum atomic E-state index is 12.9. The highest BCUT2D eigenvalue weighted by Crippen LogP contribution is 2.24. The van der Waals surface area contributed by atoms with E-state index in [1.807, 2.05) is 0 Å². The van der Waals surface area contributed by atoms with Crippen LogP contribution in [0.1, 0.15) is 35.1 Å². The van der Waals surface area contributed by atoms with E-state index in [9.17, 15) is 13.2 Å². The topological polar surface area (TPSA) is 101 Å². The lowest BCUT2D eigenvalue weighted by Crippen LogP contribution is -2.24. The quantitative estimate of drug-likeness (QED) is 0.539. The van der Waals surface area contributed by atoms with Gasteiger partial charge in [0.05, 0.1) is 4.90 Å². The molecule has 2 aromatic carbocycles. The van der Waals surface area contributed by atoms with Crippen LogP contribution in [0.4, 0.5) is 5.69 Å². The van der Waals surface area contributed by atoms with E-state index in [4.69, 9.17) is 16.1 Å². The molecule has 7 nitrogen and oxygen atoms in total. The summed E-state index contributed by atoms with van der Waals surface area (Å²) in [6.45, 7) is 4.92. The summed E-state index contributed by atoms with van der Waals surface area (Å²) in [5.74, 6) is 0.129. The summed E-state index contributed by atoms with van der Waals surface area (Å²) in [6, 6.07) is 12.2. The number of carbonyl (C=O) groups excluding carboxylic acids is 1. The number of nitrogens with zero attached hydrogens (tertiary/aromatic N) is 1.